The number of para-hydroxylation sites is 2. The molecular weight excluding hydrogens is 364 g/mol. The largest absolute Gasteiger partial charge is 0.363 e. The summed E-state index contributed by atoms with van der Waals surface area (Å²) in [6.45, 7) is 4.11. The van der Waals surface area contributed by atoms with E-state index in [0.29, 0.717) is 6.54 Å². The fourth-order valence-corrected chi connectivity index (χ4v) is 3.54. The number of fused-ring (bicyclic) bond motifs is 1. The van der Waals surface area contributed by atoms with E-state index in [1.807, 2.05) is 48.7 Å². The second kappa shape index (κ2) is 7.75. The van der Waals surface area contributed by atoms with Crippen molar-refractivity contribution in [2.45, 2.75) is 6.54 Å². The van der Waals surface area contributed by atoms with E-state index in [1.165, 1.54) is 0 Å². The summed E-state index contributed by atoms with van der Waals surface area (Å²) in [4.78, 5) is 26.0. The lowest BCUT2D eigenvalue weighted by Crippen LogP contribution is -2.47. The lowest BCUT2D eigenvalue weighted by Gasteiger charge is -2.35. The number of piperazine rings is 1. The summed E-state index contributed by atoms with van der Waals surface area (Å²) in [5.41, 5.74) is 2.01. The van der Waals surface area contributed by atoms with Gasteiger partial charge in [0.15, 0.2) is 0 Å². The SMILES string of the molecule is c1ccc(N2CCN(c3nccc(NCc4nc5ccccc5[nH]4)n3)CC2)nc1. The molecule has 8 nitrogen and oxygen atoms in total. The van der Waals surface area contributed by atoms with Gasteiger partial charge in [-0.25, -0.2) is 15.0 Å². The number of aromatic nitrogens is 5. The lowest BCUT2D eigenvalue weighted by atomic mass is 10.3. The Bertz CT molecular complexity index is 1050. The molecule has 8 heteroatoms. The molecule has 0 amide bonds. The molecule has 146 valence electrons. The number of H-pyrrole nitrogens is 1. The van der Waals surface area contributed by atoms with Gasteiger partial charge < -0.3 is 20.1 Å². The van der Waals surface area contributed by atoms with Crippen molar-refractivity contribution in [2.24, 2.45) is 0 Å². The molecule has 29 heavy (non-hydrogen) atoms. The highest BCUT2D eigenvalue weighted by Gasteiger charge is 2.20. The summed E-state index contributed by atoms with van der Waals surface area (Å²) in [7, 11) is 0. The van der Waals surface area contributed by atoms with Crippen molar-refractivity contribution in [3.63, 3.8) is 0 Å². The summed E-state index contributed by atoms with van der Waals surface area (Å²) in [6, 6.07) is 15.9. The van der Waals surface area contributed by atoms with Gasteiger partial charge in [-0.2, -0.15) is 4.98 Å². The lowest BCUT2D eigenvalue weighted by molar-refractivity contribution is 0.635. The Hall–Kier alpha value is -3.68. The zero-order valence-electron chi connectivity index (χ0n) is 16.0. The first-order chi connectivity index (χ1) is 14.3. The molecule has 1 aromatic carbocycles. The average Bonchev–Trinajstić information content (AvgIpc) is 3.22. The monoisotopic (exact) mass is 386 g/mol. The third-order valence-corrected chi connectivity index (χ3v) is 5.05. The number of benzene rings is 1. The fourth-order valence-electron chi connectivity index (χ4n) is 3.54. The summed E-state index contributed by atoms with van der Waals surface area (Å²) >= 11 is 0. The number of aromatic amines is 1. The van der Waals surface area contributed by atoms with Crippen molar-refractivity contribution < 1.29 is 0 Å². The zero-order valence-corrected chi connectivity index (χ0v) is 16.0. The molecule has 0 bridgehead atoms. The highest BCUT2D eigenvalue weighted by molar-refractivity contribution is 5.74. The third kappa shape index (κ3) is 3.82. The molecule has 0 atom stereocenters. The van der Waals surface area contributed by atoms with E-state index in [4.69, 9.17) is 4.98 Å². The number of imidazole rings is 1. The Morgan fingerprint density at radius 2 is 1.66 bits per heavy atom. The van der Waals surface area contributed by atoms with Crippen LogP contribution in [0.3, 0.4) is 0 Å². The third-order valence-electron chi connectivity index (χ3n) is 5.05. The first kappa shape index (κ1) is 17.4. The van der Waals surface area contributed by atoms with Crippen molar-refractivity contribution in [2.75, 3.05) is 41.3 Å². The molecule has 1 fully saturated rings. The molecule has 3 aromatic heterocycles. The molecule has 1 aliphatic heterocycles. The number of hydrogen-bond donors (Lipinski definition) is 2. The van der Waals surface area contributed by atoms with Crippen LogP contribution < -0.4 is 15.1 Å². The number of pyridine rings is 1. The minimum Gasteiger partial charge on any atom is -0.363 e. The number of nitrogens with one attached hydrogen (secondary N) is 2. The molecule has 5 rings (SSSR count). The van der Waals surface area contributed by atoms with Gasteiger partial charge in [0, 0.05) is 38.6 Å². The van der Waals surface area contributed by atoms with Crippen molar-refractivity contribution >= 4 is 28.6 Å². The van der Waals surface area contributed by atoms with Gasteiger partial charge in [0.1, 0.15) is 17.5 Å². The summed E-state index contributed by atoms with van der Waals surface area (Å²) < 4.78 is 0. The quantitative estimate of drug-likeness (QED) is 0.545. The highest BCUT2D eigenvalue weighted by Crippen LogP contribution is 2.17. The maximum atomic E-state index is 4.69. The van der Waals surface area contributed by atoms with Crippen LogP contribution >= 0.6 is 0 Å². The molecule has 1 saturated heterocycles. The van der Waals surface area contributed by atoms with E-state index in [2.05, 4.69) is 41.1 Å². The molecule has 0 radical (unpaired) electrons. The van der Waals surface area contributed by atoms with Crippen LogP contribution in [0.2, 0.25) is 0 Å². The van der Waals surface area contributed by atoms with Gasteiger partial charge in [0.2, 0.25) is 5.95 Å². The minimum absolute atomic E-state index is 0.582. The predicted octanol–water partition coefficient (Wildman–Crippen LogP) is 2.69. The number of nitrogens with zero attached hydrogens (tertiary/aromatic N) is 6. The molecule has 4 heterocycles. The van der Waals surface area contributed by atoms with Gasteiger partial charge in [0.05, 0.1) is 17.6 Å². The molecule has 0 aliphatic carbocycles. The van der Waals surface area contributed by atoms with Gasteiger partial charge >= 0.3 is 0 Å². The maximum Gasteiger partial charge on any atom is 0.227 e. The van der Waals surface area contributed by atoms with Crippen LogP contribution in [0.1, 0.15) is 5.82 Å². The highest BCUT2D eigenvalue weighted by atomic mass is 15.3. The molecule has 0 unspecified atom stereocenters. The Labute approximate surface area is 168 Å². The van der Waals surface area contributed by atoms with E-state index in [9.17, 15) is 0 Å². The molecule has 2 N–H and O–H groups in total. The Kier molecular flexibility index (Phi) is 4.65. The Morgan fingerprint density at radius 3 is 2.48 bits per heavy atom. The van der Waals surface area contributed by atoms with Gasteiger partial charge in [0.25, 0.3) is 0 Å². The molecule has 0 spiro atoms. The summed E-state index contributed by atoms with van der Waals surface area (Å²) in [6.07, 6.45) is 3.64. The van der Waals surface area contributed by atoms with Crippen LogP contribution in [0.5, 0.6) is 0 Å². The van der Waals surface area contributed by atoms with E-state index in [0.717, 1.165) is 60.6 Å². The number of rotatable bonds is 5. The molecule has 0 saturated carbocycles. The number of anilines is 3. The van der Waals surface area contributed by atoms with Gasteiger partial charge in [-0.05, 0) is 30.3 Å². The second-order valence-electron chi connectivity index (χ2n) is 6.96. The van der Waals surface area contributed by atoms with E-state index in [1.54, 1.807) is 6.20 Å². The first-order valence-electron chi connectivity index (χ1n) is 9.77. The Balaban J connectivity index is 1.22. The van der Waals surface area contributed by atoms with Crippen LogP contribution in [0.15, 0.2) is 60.9 Å². The average molecular weight is 386 g/mol. The van der Waals surface area contributed by atoms with Crippen molar-refractivity contribution in [1.29, 1.82) is 0 Å². The fraction of sp³-hybridized carbons (Fsp3) is 0.238. The second-order valence-corrected chi connectivity index (χ2v) is 6.96. The summed E-state index contributed by atoms with van der Waals surface area (Å²) in [5.74, 6) is 3.45. The van der Waals surface area contributed by atoms with Crippen LogP contribution in [0.4, 0.5) is 17.6 Å². The van der Waals surface area contributed by atoms with Crippen LogP contribution in [0.25, 0.3) is 11.0 Å². The first-order valence-corrected chi connectivity index (χ1v) is 9.77. The van der Waals surface area contributed by atoms with E-state index < -0.39 is 0 Å². The van der Waals surface area contributed by atoms with Gasteiger partial charge in [-0.1, -0.05) is 18.2 Å². The Morgan fingerprint density at radius 1 is 0.828 bits per heavy atom. The van der Waals surface area contributed by atoms with Gasteiger partial charge in [-0.3, -0.25) is 0 Å². The van der Waals surface area contributed by atoms with Crippen molar-refractivity contribution in [3.05, 3.63) is 66.7 Å². The van der Waals surface area contributed by atoms with Crippen LogP contribution in [-0.2, 0) is 6.54 Å². The van der Waals surface area contributed by atoms with Crippen LogP contribution in [0, 0.1) is 0 Å². The van der Waals surface area contributed by atoms with Crippen molar-refractivity contribution in [3.8, 4) is 0 Å². The van der Waals surface area contributed by atoms with Crippen LogP contribution in [-0.4, -0.2) is 51.1 Å². The number of hydrogen-bond acceptors (Lipinski definition) is 7. The van der Waals surface area contributed by atoms with Crippen molar-refractivity contribution in [1.82, 2.24) is 24.9 Å². The summed E-state index contributed by atoms with van der Waals surface area (Å²) in [5, 5.41) is 3.34. The topological polar surface area (TPSA) is 85.9 Å². The zero-order chi connectivity index (χ0) is 19.5. The molecule has 1 aliphatic rings. The van der Waals surface area contributed by atoms with E-state index >= 15 is 0 Å². The van der Waals surface area contributed by atoms with Gasteiger partial charge in [-0.15, -0.1) is 0 Å². The molecular formula is C21H22N8. The minimum atomic E-state index is 0.582. The predicted molar refractivity (Wildman–Crippen MR) is 114 cm³/mol. The smallest absolute Gasteiger partial charge is 0.227 e. The molecule has 4 aromatic rings. The standard InChI is InChI=1S/C21H22N8/c1-2-6-17-16(5-1)25-19(26-17)15-24-18-8-10-23-21(27-18)29-13-11-28(12-14-29)20-7-3-4-9-22-20/h1-10H,11-15H2,(H,25,26)(H,23,24,27). The maximum absolute atomic E-state index is 4.69. The normalized spacial score (nSPS) is 14.3. The van der Waals surface area contributed by atoms with E-state index in [-0.39, 0.29) is 0 Å².